The quantitative estimate of drug-likeness (QED) is 0.666. The second kappa shape index (κ2) is 9.92. The van der Waals surface area contributed by atoms with Gasteiger partial charge in [-0.15, -0.1) is 0 Å². The van der Waals surface area contributed by atoms with Crippen LogP contribution in [0.5, 0.6) is 0 Å². The van der Waals surface area contributed by atoms with E-state index in [1.54, 1.807) is 7.11 Å². The van der Waals surface area contributed by atoms with Crippen LogP contribution in [0.25, 0.3) is 0 Å². The molecule has 0 aliphatic heterocycles. The summed E-state index contributed by atoms with van der Waals surface area (Å²) in [4.78, 5) is 2.44. The van der Waals surface area contributed by atoms with E-state index in [0.717, 1.165) is 32.8 Å². The molecule has 1 rings (SSSR count). The highest BCUT2D eigenvalue weighted by molar-refractivity contribution is 5.22. The average molecular weight is 278 g/mol. The number of ether oxygens (including phenoxy) is 1. The first kappa shape index (κ1) is 17.2. The molecular formula is C17H30N2O. The van der Waals surface area contributed by atoms with Crippen molar-refractivity contribution in [2.45, 2.75) is 46.3 Å². The summed E-state index contributed by atoms with van der Waals surface area (Å²) in [6, 6.07) is 9.39. The Balaban J connectivity index is 2.50. The van der Waals surface area contributed by atoms with Gasteiger partial charge in [-0.2, -0.15) is 0 Å². The topological polar surface area (TPSA) is 24.5 Å². The Kier molecular flexibility index (Phi) is 8.51. The van der Waals surface area contributed by atoms with Gasteiger partial charge in [0.05, 0.1) is 6.61 Å². The summed E-state index contributed by atoms with van der Waals surface area (Å²) < 4.78 is 5.25. The van der Waals surface area contributed by atoms with Crippen LogP contribution < -0.4 is 5.32 Å². The monoisotopic (exact) mass is 278 g/mol. The van der Waals surface area contributed by atoms with Gasteiger partial charge in [0.1, 0.15) is 0 Å². The van der Waals surface area contributed by atoms with Crippen molar-refractivity contribution in [2.24, 2.45) is 0 Å². The van der Waals surface area contributed by atoms with E-state index < -0.39 is 0 Å². The summed E-state index contributed by atoms with van der Waals surface area (Å²) in [5.41, 5.74) is 2.73. The van der Waals surface area contributed by atoms with E-state index in [1.165, 1.54) is 17.5 Å². The first-order chi connectivity index (χ1) is 9.71. The van der Waals surface area contributed by atoms with Crippen molar-refractivity contribution in [1.82, 2.24) is 10.2 Å². The van der Waals surface area contributed by atoms with Crippen LogP contribution in [0.1, 0.15) is 38.3 Å². The van der Waals surface area contributed by atoms with Crippen LogP contribution >= 0.6 is 0 Å². The van der Waals surface area contributed by atoms with Crippen LogP contribution in [0.3, 0.4) is 0 Å². The van der Waals surface area contributed by atoms with E-state index in [4.69, 9.17) is 4.74 Å². The predicted octanol–water partition coefficient (Wildman–Crippen LogP) is 3.04. The van der Waals surface area contributed by atoms with Crippen molar-refractivity contribution in [3.63, 3.8) is 0 Å². The fourth-order valence-electron chi connectivity index (χ4n) is 2.33. The molecule has 1 atom stereocenters. The largest absolute Gasteiger partial charge is 0.383 e. The van der Waals surface area contributed by atoms with Gasteiger partial charge in [-0.25, -0.2) is 0 Å². The lowest BCUT2D eigenvalue weighted by Crippen LogP contribution is -2.35. The van der Waals surface area contributed by atoms with E-state index in [0.29, 0.717) is 6.04 Å². The molecule has 0 aliphatic carbocycles. The van der Waals surface area contributed by atoms with Crippen molar-refractivity contribution >= 4 is 0 Å². The molecule has 1 N–H and O–H groups in total. The molecule has 1 aromatic rings. The van der Waals surface area contributed by atoms with Crippen molar-refractivity contribution in [3.05, 3.63) is 35.4 Å². The second-order valence-electron chi connectivity index (χ2n) is 5.36. The molecule has 0 fully saturated rings. The van der Waals surface area contributed by atoms with Crippen LogP contribution in [0.2, 0.25) is 0 Å². The van der Waals surface area contributed by atoms with E-state index in [-0.39, 0.29) is 0 Å². The molecule has 0 bridgehead atoms. The van der Waals surface area contributed by atoms with E-state index in [1.807, 2.05) is 0 Å². The Hall–Kier alpha value is -0.900. The molecule has 114 valence electrons. The summed E-state index contributed by atoms with van der Waals surface area (Å²) in [6.07, 6.45) is 1.18. The maximum atomic E-state index is 5.25. The highest BCUT2D eigenvalue weighted by atomic mass is 16.5. The normalized spacial score (nSPS) is 12.8. The standard InChI is InChI=1S/C17H30N2O/c1-5-11-18-12-16-7-9-17(10-8-16)13-19(6-2)15(3)14-20-4/h7-10,15,18H,5-6,11-14H2,1-4H3. The maximum Gasteiger partial charge on any atom is 0.0615 e. The molecule has 0 saturated carbocycles. The summed E-state index contributed by atoms with van der Waals surface area (Å²) >= 11 is 0. The zero-order valence-corrected chi connectivity index (χ0v) is 13.5. The molecule has 3 nitrogen and oxygen atoms in total. The van der Waals surface area contributed by atoms with Crippen molar-refractivity contribution in [1.29, 1.82) is 0 Å². The van der Waals surface area contributed by atoms with Crippen molar-refractivity contribution < 1.29 is 4.74 Å². The first-order valence-corrected chi connectivity index (χ1v) is 7.72. The average Bonchev–Trinajstić information content (AvgIpc) is 2.46. The number of benzene rings is 1. The number of methoxy groups -OCH3 is 1. The molecule has 0 aromatic heterocycles. The number of hydrogen-bond acceptors (Lipinski definition) is 3. The summed E-state index contributed by atoms with van der Waals surface area (Å²) in [6.45, 7) is 11.5. The maximum absolute atomic E-state index is 5.25. The van der Waals surface area contributed by atoms with Crippen molar-refractivity contribution in [3.8, 4) is 0 Å². The third kappa shape index (κ3) is 6.04. The minimum Gasteiger partial charge on any atom is -0.383 e. The van der Waals surface area contributed by atoms with Gasteiger partial charge in [0.25, 0.3) is 0 Å². The Morgan fingerprint density at radius 3 is 2.35 bits per heavy atom. The van der Waals surface area contributed by atoms with E-state index in [9.17, 15) is 0 Å². The van der Waals surface area contributed by atoms with Gasteiger partial charge >= 0.3 is 0 Å². The van der Waals surface area contributed by atoms with Gasteiger partial charge in [0, 0.05) is 26.2 Å². The minimum absolute atomic E-state index is 0.455. The van der Waals surface area contributed by atoms with Gasteiger partial charge in [-0.05, 0) is 37.6 Å². The molecule has 1 aromatic carbocycles. The Labute approximate surface area is 124 Å². The third-order valence-electron chi connectivity index (χ3n) is 3.60. The molecule has 0 amide bonds. The smallest absolute Gasteiger partial charge is 0.0615 e. The van der Waals surface area contributed by atoms with Crippen LogP contribution in [-0.2, 0) is 17.8 Å². The van der Waals surface area contributed by atoms with Crippen molar-refractivity contribution in [2.75, 3.05) is 26.8 Å². The molecule has 3 heteroatoms. The summed E-state index contributed by atoms with van der Waals surface area (Å²) in [5, 5.41) is 3.43. The van der Waals surface area contributed by atoms with E-state index >= 15 is 0 Å². The molecule has 0 radical (unpaired) electrons. The molecule has 0 heterocycles. The zero-order chi connectivity index (χ0) is 14.8. The van der Waals surface area contributed by atoms with Gasteiger partial charge in [0.2, 0.25) is 0 Å². The fraction of sp³-hybridized carbons (Fsp3) is 0.647. The molecule has 20 heavy (non-hydrogen) atoms. The number of rotatable bonds is 10. The zero-order valence-electron chi connectivity index (χ0n) is 13.5. The highest BCUT2D eigenvalue weighted by Gasteiger charge is 2.11. The van der Waals surface area contributed by atoms with Crippen LogP contribution in [-0.4, -0.2) is 37.7 Å². The lowest BCUT2D eigenvalue weighted by molar-refractivity contribution is 0.0982. The minimum atomic E-state index is 0.455. The highest BCUT2D eigenvalue weighted by Crippen LogP contribution is 2.10. The molecule has 0 saturated heterocycles. The number of hydrogen-bond donors (Lipinski definition) is 1. The van der Waals surface area contributed by atoms with Crippen LogP contribution in [0.4, 0.5) is 0 Å². The third-order valence-corrected chi connectivity index (χ3v) is 3.60. The predicted molar refractivity (Wildman–Crippen MR) is 85.9 cm³/mol. The van der Waals surface area contributed by atoms with E-state index in [2.05, 4.69) is 55.3 Å². The van der Waals surface area contributed by atoms with Crippen LogP contribution in [0.15, 0.2) is 24.3 Å². The summed E-state index contributed by atoms with van der Waals surface area (Å²) in [5.74, 6) is 0. The number of nitrogens with one attached hydrogen (secondary N) is 1. The number of nitrogens with zero attached hydrogens (tertiary/aromatic N) is 1. The van der Waals surface area contributed by atoms with Gasteiger partial charge in [-0.3, -0.25) is 4.90 Å². The van der Waals surface area contributed by atoms with Gasteiger partial charge in [-0.1, -0.05) is 38.1 Å². The number of likely N-dealkylation sites (N-methyl/N-ethyl adjacent to an activating group) is 1. The van der Waals surface area contributed by atoms with Crippen LogP contribution in [0, 0.1) is 0 Å². The second-order valence-corrected chi connectivity index (χ2v) is 5.36. The molecule has 0 spiro atoms. The fourth-order valence-corrected chi connectivity index (χ4v) is 2.33. The van der Waals surface area contributed by atoms with Gasteiger partial charge in [0.15, 0.2) is 0 Å². The summed E-state index contributed by atoms with van der Waals surface area (Å²) in [7, 11) is 1.77. The first-order valence-electron chi connectivity index (χ1n) is 7.72. The Morgan fingerprint density at radius 2 is 1.80 bits per heavy atom. The molecule has 1 unspecified atom stereocenters. The lowest BCUT2D eigenvalue weighted by Gasteiger charge is -2.27. The van der Waals surface area contributed by atoms with Gasteiger partial charge < -0.3 is 10.1 Å². The lowest BCUT2D eigenvalue weighted by atomic mass is 10.1. The Morgan fingerprint density at radius 1 is 1.15 bits per heavy atom. The SMILES string of the molecule is CCCNCc1ccc(CN(CC)C(C)COC)cc1. The Bertz CT molecular complexity index is 351. The molecule has 0 aliphatic rings. The molecular weight excluding hydrogens is 248 g/mol.